The molecule has 3 heterocycles. The number of pyridine rings is 1. The second kappa shape index (κ2) is 4.81. The van der Waals surface area contributed by atoms with Crippen LogP contribution in [0.15, 0.2) is 37.1 Å². The van der Waals surface area contributed by atoms with Crippen molar-refractivity contribution in [2.24, 2.45) is 0 Å². The van der Waals surface area contributed by atoms with Gasteiger partial charge in [-0.3, -0.25) is 4.98 Å². The van der Waals surface area contributed by atoms with Crippen LogP contribution in [-0.2, 0) is 6.54 Å². The number of fused-ring (bicyclic) bond motifs is 1. The molecule has 6 heteroatoms. The summed E-state index contributed by atoms with van der Waals surface area (Å²) in [5.41, 5.74) is 1.98. The summed E-state index contributed by atoms with van der Waals surface area (Å²) in [5, 5.41) is 1.40. The first-order valence-electron chi connectivity index (χ1n) is 5.29. The molecule has 0 aliphatic carbocycles. The van der Waals surface area contributed by atoms with Crippen molar-refractivity contribution < 1.29 is 0 Å². The molecule has 0 aliphatic rings. The minimum absolute atomic E-state index is 0.495. The van der Waals surface area contributed by atoms with E-state index in [0.29, 0.717) is 5.15 Å². The van der Waals surface area contributed by atoms with Gasteiger partial charge in [0.2, 0.25) is 0 Å². The van der Waals surface area contributed by atoms with Crippen LogP contribution in [0.5, 0.6) is 0 Å². The minimum atomic E-state index is 0.495. The lowest BCUT2D eigenvalue weighted by atomic mass is 10.3. The van der Waals surface area contributed by atoms with E-state index in [9.17, 15) is 0 Å². The van der Waals surface area contributed by atoms with Crippen LogP contribution < -0.4 is 0 Å². The highest BCUT2D eigenvalue weighted by Gasteiger charge is 2.11. The molecule has 0 unspecified atom stereocenters. The quantitative estimate of drug-likeness (QED) is 0.514. The van der Waals surface area contributed by atoms with Crippen molar-refractivity contribution in [2.75, 3.05) is 0 Å². The van der Waals surface area contributed by atoms with Gasteiger partial charge < -0.3 is 4.57 Å². The SMILES string of the molecule is Clc1ncnc2c1c(I)cn2Cc1cccnc1. The van der Waals surface area contributed by atoms with Crippen LogP contribution in [0.25, 0.3) is 11.0 Å². The number of aromatic nitrogens is 4. The molecule has 3 aromatic rings. The number of nitrogens with zero attached hydrogens (tertiary/aromatic N) is 4. The average Bonchev–Trinajstić information content (AvgIpc) is 2.69. The monoisotopic (exact) mass is 370 g/mol. The maximum atomic E-state index is 6.10. The molecular weight excluding hydrogens is 363 g/mol. The first-order valence-corrected chi connectivity index (χ1v) is 6.75. The van der Waals surface area contributed by atoms with Gasteiger partial charge in [0.15, 0.2) is 0 Å². The molecule has 3 rings (SSSR count). The molecule has 0 bridgehead atoms. The molecule has 0 aliphatic heterocycles. The molecular formula is C12H8ClIN4. The Balaban J connectivity index is 2.11. The standard InChI is InChI=1S/C12H8ClIN4/c13-11-10-9(14)6-18(12(10)17-7-16-11)5-8-2-1-3-15-4-8/h1-4,6-7H,5H2. The Kier molecular flexibility index (Phi) is 3.17. The molecule has 90 valence electrons. The van der Waals surface area contributed by atoms with Gasteiger partial charge in [0, 0.05) is 22.2 Å². The lowest BCUT2D eigenvalue weighted by Gasteiger charge is -2.03. The van der Waals surface area contributed by atoms with Crippen molar-refractivity contribution in [3.63, 3.8) is 0 Å². The molecule has 0 saturated carbocycles. The molecule has 0 amide bonds. The number of rotatable bonds is 2. The second-order valence-corrected chi connectivity index (χ2v) is 5.35. The smallest absolute Gasteiger partial charge is 0.146 e. The van der Waals surface area contributed by atoms with Gasteiger partial charge in [0.05, 0.1) is 11.9 Å². The lowest BCUT2D eigenvalue weighted by Crippen LogP contribution is -1.99. The van der Waals surface area contributed by atoms with Gasteiger partial charge >= 0.3 is 0 Å². The van der Waals surface area contributed by atoms with E-state index >= 15 is 0 Å². The largest absolute Gasteiger partial charge is 0.327 e. The van der Waals surface area contributed by atoms with E-state index in [1.165, 1.54) is 6.33 Å². The molecule has 0 aromatic carbocycles. The predicted molar refractivity (Wildman–Crippen MR) is 78.6 cm³/mol. The van der Waals surface area contributed by atoms with Crippen molar-refractivity contribution >= 4 is 45.2 Å². The van der Waals surface area contributed by atoms with Gasteiger partial charge in [0.1, 0.15) is 17.1 Å². The van der Waals surface area contributed by atoms with E-state index in [2.05, 4.69) is 42.1 Å². The Morgan fingerprint density at radius 3 is 3.00 bits per heavy atom. The van der Waals surface area contributed by atoms with Crippen molar-refractivity contribution in [2.45, 2.75) is 6.54 Å². The van der Waals surface area contributed by atoms with E-state index in [-0.39, 0.29) is 0 Å². The topological polar surface area (TPSA) is 43.6 Å². The fraction of sp³-hybridized carbons (Fsp3) is 0.0833. The summed E-state index contributed by atoms with van der Waals surface area (Å²) in [4.78, 5) is 12.4. The van der Waals surface area contributed by atoms with E-state index in [1.807, 2.05) is 24.5 Å². The number of hydrogen-bond acceptors (Lipinski definition) is 3. The Bertz CT molecular complexity index is 696. The Morgan fingerprint density at radius 1 is 1.33 bits per heavy atom. The second-order valence-electron chi connectivity index (χ2n) is 3.83. The normalized spacial score (nSPS) is 11.0. The highest BCUT2D eigenvalue weighted by atomic mass is 127. The minimum Gasteiger partial charge on any atom is -0.327 e. The number of halogens is 2. The van der Waals surface area contributed by atoms with Crippen molar-refractivity contribution in [1.82, 2.24) is 19.5 Å². The predicted octanol–water partition coefficient (Wildman–Crippen LogP) is 3.13. The molecule has 18 heavy (non-hydrogen) atoms. The van der Waals surface area contributed by atoms with Crippen LogP contribution in [0.1, 0.15) is 5.56 Å². The van der Waals surface area contributed by atoms with Gasteiger partial charge in [-0.25, -0.2) is 9.97 Å². The van der Waals surface area contributed by atoms with E-state index in [0.717, 1.165) is 26.7 Å². The molecule has 0 N–H and O–H groups in total. The summed E-state index contributed by atoms with van der Waals surface area (Å²) in [6.45, 7) is 0.723. The van der Waals surface area contributed by atoms with Crippen LogP contribution in [-0.4, -0.2) is 19.5 Å². The van der Waals surface area contributed by atoms with Crippen LogP contribution in [0, 0.1) is 3.57 Å². The molecule has 0 radical (unpaired) electrons. The maximum Gasteiger partial charge on any atom is 0.146 e. The van der Waals surface area contributed by atoms with Crippen molar-refractivity contribution in [3.05, 3.63) is 51.3 Å². The van der Waals surface area contributed by atoms with E-state index in [1.54, 1.807) is 6.20 Å². The van der Waals surface area contributed by atoms with Gasteiger partial charge in [-0.15, -0.1) is 0 Å². The van der Waals surface area contributed by atoms with Crippen molar-refractivity contribution in [3.8, 4) is 0 Å². The summed E-state index contributed by atoms with van der Waals surface area (Å²) in [6.07, 6.45) is 7.13. The average molecular weight is 371 g/mol. The number of hydrogen-bond donors (Lipinski definition) is 0. The van der Waals surface area contributed by atoms with Crippen LogP contribution in [0.4, 0.5) is 0 Å². The van der Waals surface area contributed by atoms with Crippen LogP contribution in [0.3, 0.4) is 0 Å². The first-order chi connectivity index (χ1) is 8.75. The molecule has 0 fully saturated rings. The van der Waals surface area contributed by atoms with Gasteiger partial charge in [0.25, 0.3) is 0 Å². The maximum absolute atomic E-state index is 6.10. The first kappa shape index (κ1) is 11.9. The zero-order chi connectivity index (χ0) is 12.5. The zero-order valence-electron chi connectivity index (χ0n) is 9.22. The third-order valence-corrected chi connectivity index (χ3v) is 3.74. The molecule has 0 spiro atoms. The van der Waals surface area contributed by atoms with E-state index in [4.69, 9.17) is 11.6 Å². The van der Waals surface area contributed by atoms with E-state index < -0.39 is 0 Å². The summed E-state index contributed by atoms with van der Waals surface area (Å²) in [6, 6.07) is 3.96. The van der Waals surface area contributed by atoms with Gasteiger partial charge in [-0.1, -0.05) is 17.7 Å². The Labute approximate surface area is 122 Å². The lowest BCUT2D eigenvalue weighted by molar-refractivity contribution is 0.817. The van der Waals surface area contributed by atoms with Gasteiger partial charge in [-0.05, 0) is 34.2 Å². The Morgan fingerprint density at radius 2 is 2.22 bits per heavy atom. The summed E-state index contributed by atoms with van der Waals surface area (Å²) >= 11 is 8.34. The fourth-order valence-corrected chi connectivity index (χ4v) is 3.07. The molecule has 0 atom stereocenters. The third kappa shape index (κ3) is 2.08. The summed E-state index contributed by atoms with van der Waals surface area (Å²) < 4.78 is 3.11. The molecule has 3 aromatic heterocycles. The Hall–Kier alpha value is -1.21. The third-order valence-electron chi connectivity index (χ3n) is 2.64. The highest BCUT2D eigenvalue weighted by Crippen LogP contribution is 2.27. The van der Waals surface area contributed by atoms with Crippen LogP contribution in [0.2, 0.25) is 5.15 Å². The summed E-state index contributed by atoms with van der Waals surface area (Å²) in [5.74, 6) is 0. The summed E-state index contributed by atoms with van der Waals surface area (Å²) in [7, 11) is 0. The van der Waals surface area contributed by atoms with Crippen molar-refractivity contribution in [1.29, 1.82) is 0 Å². The highest BCUT2D eigenvalue weighted by molar-refractivity contribution is 14.1. The fourth-order valence-electron chi connectivity index (χ4n) is 1.85. The zero-order valence-corrected chi connectivity index (χ0v) is 12.1. The molecule has 4 nitrogen and oxygen atoms in total. The van der Waals surface area contributed by atoms with Crippen LogP contribution >= 0.6 is 34.2 Å². The van der Waals surface area contributed by atoms with Gasteiger partial charge in [-0.2, -0.15) is 0 Å². The molecule has 0 saturated heterocycles.